The average Bonchev–Trinajstić information content (AvgIpc) is 3.41. The van der Waals surface area contributed by atoms with Crippen molar-refractivity contribution in [1.82, 2.24) is 19.3 Å². The molecule has 0 radical (unpaired) electrons. The normalized spacial score (nSPS) is 24.2. The minimum Gasteiger partial charge on any atom is -0.479 e. The Bertz CT molecular complexity index is 1010. The Morgan fingerprint density at radius 2 is 1.89 bits per heavy atom. The summed E-state index contributed by atoms with van der Waals surface area (Å²) in [6.07, 6.45) is 5.77. The standard InChI is InChI=1S/C21H24N4O2S/c1-14-20(28-13-22-14)27-17-9-7-16(8-10-17)25-21(26)24-18(11-12-19(24)23-25)15-5-3-2-4-6-15/h2-6,13,16-18H,7-12H2,1H3/t16?,17?,18-/m0/s1. The summed E-state index contributed by atoms with van der Waals surface area (Å²) in [6.45, 7) is 1.98. The molecule has 1 aromatic carbocycles. The molecule has 2 aliphatic rings. The highest BCUT2D eigenvalue weighted by Crippen LogP contribution is 2.34. The molecule has 2 aromatic heterocycles. The molecular formula is C21H24N4O2S. The highest BCUT2D eigenvalue weighted by molar-refractivity contribution is 7.11. The summed E-state index contributed by atoms with van der Waals surface area (Å²) in [5, 5.41) is 5.65. The van der Waals surface area contributed by atoms with Crippen LogP contribution in [0.1, 0.15) is 61.3 Å². The maximum absolute atomic E-state index is 13.2. The molecule has 0 unspecified atom stereocenters. The van der Waals surface area contributed by atoms with Crippen LogP contribution in [0.15, 0.2) is 40.6 Å². The van der Waals surface area contributed by atoms with Crippen LogP contribution in [0, 0.1) is 6.92 Å². The number of hydrogen-bond donors (Lipinski definition) is 0. The molecule has 0 bridgehead atoms. The third kappa shape index (κ3) is 3.07. The van der Waals surface area contributed by atoms with Crippen LogP contribution in [0.25, 0.3) is 0 Å². The summed E-state index contributed by atoms with van der Waals surface area (Å²) in [4.78, 5) is 17.4. The fraction of sp³-hybridized carbons (Fsp3) is 0.476. The molecule has 0 amide bonds. The number of rotatable bonds is 4. The van der Waals surface area contributed by atoms with E-state index in [1.165, 1.54) is 5.56 Å². The molecule has 3 heterocycles. The van der Waals surface area contributed by atoms with Crippen molar-refractivity contribution in [2.75, 3.05) is 0 Å². The molecular weight excluding hydrogens is 372 g/mol. The first-order valence-electron chi connectivity index (χ1n) is 10.0. The van der Waals surface area contributed by atoms with Crippen molar-refractivity contribution in [3.63, 3.8) is 0 Å². The van der Waals surface area contributed by atoms with Gasteiger partial charge in [-0.15, -0.1) is 0 Å². The van der Waals surface area contributed by atoms with Crippen molar-refractivity contribution in [3.05, 3.63) is 63.4 Å². The number of nitrogens with zero attached hydrogens (tertiary/aromatic N) is 4. The van der Waals surface area contributed by atoms with Gasteiger partial charge in [-0.1, -0.05) is 41.7 Å². The van der Waals surface area contributed by atoms with Crippen LogP contribution < -0.4 is 10.4 Å². The largest absolute Gasteiger partial charge is 0.479 e. The van der Waals surface area contributed by atoms with Gasteiger partial charge < -0.3 is 4.74 Å². The van der Waals surface area contributed by atoms with E-state index in [0.29, 0.717) is 0 Å². The molecule has 1 fully saturated rings. The minimum absolute atomic E-state index is 0.0454. The lowest BCUT2D eigenvalue weighted by Crippen LogP contribution is -2.33. The number of benzene rings is 1. The highest BCUT2D eigenvalue weighted by atomic mass is 32.1. The van der Waals surface area contributed by atoms with Gasteiger partial charge in [-0.05, 0) is 44.6 Å². The van der Waals surface area contributed by atoms with E-state index in [4.69, 9.17) is 9.84 Å². The monoisotopic (exact) mass is 396 g/mol. The SMILES string of the molecule is Cc1ncsc1OC1CCC(n2nc3n(c2=O)[C@H](c2ccccc2)CC3)CC1. The molecule has 1 atom stereocenters. The first-order valence-corrected chi connectivity index (χ1v) is 10.9. The van der Waals surface area contributed by atoms with Crippen LogP contribution in [0.2, 0.25) is 0 Å². The van der Waals surface area contributed by atoms with E-state index in [0.717, 1.165) is 55.1 Å². The van der Waals surface area contributed by atoms with Gasteiger partial charge in [-0.3, -0.25) is 4.57 Å². The summed E-state index contributed by atoms with van der Waals surface area (Å²) < 4.78 is 9.78. The first kappa shape index (κ1) is 17.7. The van der Waals surface area contributed by atoms with Crippen molar-refractivity contribution < 1.29 is 4.74 Å². The predicted molar refractivity (Wildman–Crippen MR) is 108 cm³/mol. The Balaban J connectivity index is 1.31. The van der Waals surface area contributed by atoms with E-state index >= 15 is 0 Å². The van der Waals surface area contributed by atoms with Gasteiger partial charge in [-0.25, -0.2) is 14.5 Å². The zero-order valence-electron chi connectivity index (χ0n) is 16.0. The van der Waals surface area contributed by atoms with Crippen LogP contribution in [0.3, 0.4) is 0 Å². The lowest BCUT2D eigenvalue weighted by atomic mass is 9.93. The Morgan fingerprint density at radius 1 is 1.11 bits per heavy atom. The second kappa shape index (κ2) is 7.20. The van der Waals surface area contributed by atoms with Crippen LogP contribution in [0.5, 0.6) is 5.06 Å². The number of fused-ring (bicyclic) bond motifs is 1. The molecule has 146 valence electrons. The maximum Gasteiger partial charge on any atom is 0.346 e. The lowest BCUT2D eigenvalue weighted by Gasteiger charge is -2.28. The van der Waals surface area contributed by atoms with Crippen molar-refractivity contribution >= 4 is 11.3 Å². The third-order valence-corrected chi connectivity index (χ3v) is 6.82. The van der Waals surface area contributed by atoms with Crippen LogP contribution in [-0.4, -0.2) is 25.4 Å². The van der Waals surface area contributed by atoms with Crippen molar-refractivity contribution in [1.29, 1.82) is 0 Å². The molecule has 1 aliphatic carbocycles. The Morgan fingerprint density at radius 3 is 2.61 bits per heavy atom. The summed E-state index contributed by atoms with van der Waals surface area (Å²) >= 11 is 1.55. The maximum atomic E-state index is 13.2. The predicted octanol–water partition coefficient (Wildman–Crippen LogP) is 3.91. The second-order valence-corrected chi connectivity index (χ2v) is 8.57. The summed E-state index contributed by atoms with van der Waals surface area (Å²) in [7, 11) is 0. The van der Waals surface area contributed by atoms with Gasteiger partial charge in [0.05, 0.1) is 29.4 Å². The molecule has 0 spiro atoms. The smallest absolute Gasteiger partial charge is 0.346 e. The first-order chi connectivity index (χ1) is 13.7. The van der Waals surface area contributed by atoms with E-state index in [2.05, 4.69) is 17.1 Å². The number of hydrogen-bond acceptors (Lipinski definition) is 5. The highest BCUT2D eigenvalue weighted by Gasteiger charge is 2.32. The average molecular weight is 397 g/mol. The van der Waals surface area contributed by atoms with Gasteiger partial charge in [-0.2, -0.15) is 5.10 Å². The fourth-order valence-corrected chi connectivity index (χ4v) is 5.23. The Hall–Kier alpha value is -2.41. The van der Waals surface area contributed by atoms with Crippen LogP contribution in [-0.2, 0) is 6.42 Å². The van der Waals surface area contributed by atoms with Crippen molar-refractivity contribution in [3.8, 4) is 5.06 Å². The zero-order chi connectivity index (χ0) is 19.1. The molecule has 0 saturated heterocycles. The third-order valence-electron chi connectivity index (χ3n) is 6.01. The van der Waals surface area contributed by atoms with Crippen molar-refractivity contribution in [2.45, 2.75) is 63.6 Å². The molecule has 28 heavy (non-hydrogen) atoms. The van der Waals surface area contributed by atoms with Gasteiger partial charge in [0.15, 0.2) is 5.06 Å². The van der Waals surface area contributed by atoms with Crippen LogP contribution >= 0.6 is 11.3 Å². The summed E-state index contributed by atoms with van der Waals surface area (Å²) in [5.74, 6) is 0.928. The number of ether oxygens (including phenoxy) is 1. The van der Waals surface area contributed by atoms with E-state index in [9.17, 15) is 4.79 Å². The number of aryl methyl sites for hydroxylation is 2. The topological polar surface area (TPSA) is 61.9 Å². The Labute approximate surface area is 167 Å². The minimum atomic E-state index is 0.0454. The van der Waals surface area contributed by atoms with Gasteiger partial charge in [0.25, 0.3) is 0 Å². The van der Waals surface area contributed by atoms with Gasteiger partial charge in [0, 0.05) is 6.42 Å². The van der Waals surface area contributed by atoms with E-state index < -0.39 is 0 Å². The zero-order valence-corrected chi connectivity index (χ0v) is 16.8. The number of thiazole rings is 1. The molecule has 0 N–H and O–H groups in total. The lowest BCUT2D eigenvalue weighted by molar-refractivity contribution is 0.131. The second-order valence-electron chi connectivity index (χ2n) is 7.75. The molecule has 6 nitrogen and oxygen atoms in total. The molecule has 7 heteroatoms. The molecule has 1 aliphatic heterocycles. The van der Waals surface area contributed by atoms with Gasteiger partial charge in [0.1, 0.15) is 5.82 Å². The quantitative estimate of drug-likeness (QED) is 0.671. The number of aromatic nitrogens is 4. The van der Waals surface area contributed by atoms with Crippen molar-refractivity contribution in [2.24, 2.45) is 0 Å². The Kier molecular flexibility index (Phi) is 4.55. The van der Waals surface area contributed by atoms with E-state index in [1.54, 1.807) is 16.0 Å². The van der Waals surface area contributed by atoms with E-state index in [1.807, 2.05) is 35.2 Å². The van der Waals surface area contributed by atoms with E-state index in [-0.39, 0.29) is 23.9 Å². The molecule has 3 aromatic rings. The van der Waals surface area contributed by atoms with Gasteiger partial charge in [0.2, 0.25) is 0 Å². The summed E-state index contributed by atoms with van der Waals surface area (Å²) in [6, 6.07) is 10.6. The molecule has 5 rings (SSSR count). The fourth-order valence-electron chi connectivity index (χ4n) is 4.51. The summed E-state index contributed by atoms with van der Waals surface area (Å²) in [5.41, 5.74) is 4.02. The van der Waals surface area contributed by atoms with Gasteiger partial charge >= 0.3 is 5.69 Å². The molecule has 1 saturated carbocycles. The van der Waals surface area contributed by atoms with Crippen LogP contribution in [0.4, 0.5) is 0 Å².